The summed E-state index contributed by atoms with van der Waals surface area (Å²) in [6, 6.07) is 11.9. The van der Waals surface area contributed by atoms with Gasteiger partial charge in [-0.25, -0.2) is 0 Å². The number of amides is 5. The lowest BCUT2D eigenvalue weighted by Gasteiger charge is -2.29. The van der Waals surface area contributed by atoms with Crippen molar-refractivity contribution in [1.29, 1.82) is 0 Å². The van der Waals surface area contributed by atoms with Gasteiger partial charge in [-0.2, -0.15) is 0 Å². The molecule has 4 rings (SSSR count). The number of rotatable bonds is 9. The normalized spacial score (nSPS) is 21.8. The molecule has 5 amide bonds. The maximum atomic E-state index is 13.5. The van der Waals surface area contributed by atoms with Gasteiger partial charge in [-0.1, -0.05) is 70.5 Å². The molecule has 248 valence electrons. The van der Waals surface area contributed by atoms with Gasteiger partial charge in [0.2, 0.25) is 23.6 Å². The molecule has 2 aromatic rings. The van der Waals surface area contributed by atoms with E-state index in [0.29, 0.717) is 31.6 Å². The summed E-state index contributed by atoms with van der Waals surface area (Å²) in [4.78, 5) is 67.8. The average molecular weight is 634 g/mol. The van der Waals surface area contributed by atoms with Crippen molar-refractivity contribution in [1.82, 2.24) is 26.2 Å². The number of likely N-dealkylation sites (tertiary alicyclic amines) is 1. The number of benzene rings is 2. The molecule has 0 saturated carbocycles. The minimum absolute atomic E-state index is 0.129. The predicted molar refractivity (Wildman–Crippen MR) is 174 cm³/mol. The Balaban J connectivity index is 1.55. The van der Waals surface area contributed by atoms with E-state index >= 15 is 0 Å². The third-order valence-electron chi connectivity index (χ3n) is 8.50. The van der Waals surface area contributed by atoms with Gasteiger partial charge < -0.3 is 30.9 Å². The summed E-state index contributed by atoms with van der Waals surface area (Å²) in [5.41, 5.74) is 1.99. The zero-order chi connectivity index (χ0) is 33.2. The van der Waals surface area contributed by atoms with Crippen molar-refractivity contribution in [2.24, 2.45) is 11.8 Å². The van der Waals surface area contributed by atoms with Gasteiger partial charge in [0.15, 0.2) is 0 Å². The standard InChI is InChI=1S/C35H47N5O6/c1-5-23(4)32-35(45)37-26(16-22(2)3)21-46-29-13-7-6-12-27(29)33(43)38-28(18-30(41)39-32)34(44)36-19-24-10-8-11-25(17-24)20-40-15-9-14-31(40)42/h6-8,10-13,17,22-23,26,28,32H,5,9,14-16,18-21H2,1-4H3,(H,36,44)(H,37,45)(H,38,43)(H,39,41)/t23-,26+,28-,32-/m0/s1. The van der Waals surface area contributed by atoms with Crippen LogP contribution in [0, 0.1) is 11.8 Å². The third-order valence-corrected chi connectivity index (χ3v) is 8.50. The van der Waals surface area contributed by atoms with E-state index in [9.17, 15) is 24.0 Å². The maximum absolute atomic E-state index is 13.5. The SMILES string of the molecule is CC[C@H](C)[C@@H]1NC(=O)C[C@@H](C(=O)NCc2cccc(CN3CCCC3=O)c2)NC(=O)c2ccccc2OC[C@@H](CC(C)C)NC1=O. The molecule has 11 heteroatoms. The summed E-state index contributed by atoms with van der Waals surface area (Å²) >= 11 is 0. The zero-order valence-corrected chi connectivity index (χ0v) is 27.3. The van der Waals surface area contributed by atoms with E-state index in [0.717, 1.165) is 24.1 Å². The fourth-order valence-electron chi connectivity index (χ4n) is 5.81. The van der Waals surface area contributed by atoms with Gasteiger partial charge in [-0.15, -0.1) is 0 Å². The number of hydrogen-bond acceptors (Lipinski definition) is 6. The van der Waals surface area contributed by atoms with Crippen LogP contribution in [0.4, 0.5) is 0 Å². The molecule has 1 saturated heterocycles. The first-order valence-corrected chi connectivity index (χ1v) is 16.3. The Hall–Kier alpha value is -4.41. The number of fused-ring (bicyclic) bond motifs is 1. The molecule has 46 heavy (non-hydrogen) atoms. The average Bonchev–Trinajstić information content (AvgIpc) is 3.43. The number of ether oxygens (including phenoxy) is 1. The van der Waals surface area contributed by atoms with Crippen molar-refractivity contribution in [2.75, 3.05) is 13.2 Å². The Bertz CT molecular complexity index is 1410. The Labute approximate surface area is 271 Å². The van der Waals surface area contributed by atoms with E-state index in [1.807, 2.05) is 56.9 Å². The molecule has 2 heterocycles. The van der Waals surface area contributed by atoms with E-state index in [2.05, 4.69) is 21.3 Å². The predicted octanol–water partition coefficient (Wildman–Crippen LogP) is 3.07. The molecule has 1 fully saturated rings. The van der Waals surface area contributed by atoms with E-state index in [4.69, 9.17) is 4.74 Å². The first-order valence-electron chi connectivity index (χ1n) is 16.3. The highest BCUT2D eigenvalue weighted by atomic mass is 16.5. The van der Waals surface area contributed by atoms with Gasteiger partial charge in [-0.05, 0) is 47.9 Å². The van der Waals surface area contributed by atoms with Crippen LogP contribution in [0.25, 0.3) is 0 Å². The molecule has 0 spiro atoms. The number of carbonyl (C=O) groups excluding carboxylic acids is 5. The molecule has 4 atom stereocenters. The molecular formula is C35H47N5O6. The Morgan fingerprint density at radius 1 is 1.00 bits per heavy atom. The molecule has 2 aliphatic heterocycles. The molecule has 0 aliphatic carbocycles. The molecule has 0 unspecified atom stereocenters. The smallest absolute Gasteiger partial charge is 0.255 e. The van der Waals surface area contributed by atoms with Crippen molar-refractivity contribution in [2.45, 2.75) is 91.0 Å². The molecule has 4 N–H and O–H groups in total. The van der Waals surface area contributed by atoms with Gasteiger partial charge in [0.1, 0.15) is 24.4 Å². The molecular weight excluding hydrogens is 586 g/mol. The van der Waals surface area contributed by atoms with Crippen molar-refractivity contribution < 1.29 is 28.7 Å². The fourth-order valence-corrected chi connectivity index (χ4v) is 5.81. The van der Waals surface area contributed by atoms with Crippen molar-refractivity contribution in [3.05, 3.63) is 65.2 Å². The van der Waals surface area contributed by atoms with Crippen LogP contribution >= 0.6 is 0 Å². The molecule has 2 aromatic carbocycles. The van der Waals surface area contributed by atoms with Crippen LogP contribution in [0.5, 0.6) is 5.75 Å². The quantitative estimate of drug-likeness (QED) is 0.334. The number of hydrogen-bond donors (Lipinski definition) is 4. The minimum atomic E-state index is -1.22. The van der Waals surface area contributed by atoms with Crippen LogP contribution in [0.1, 0.15) is 81.3 Å². The first kappa shape index (κ1) is 34.5. The van der Waals surface area contributed by atoms with Gasteiger partial charge in [0, 0.05) is 26.1 Å². The van der Waals surface area contributed by atoms with Crippen LogP contribution in [0.15, 0.2) is 48.5 Å². The van der Waals surface area contributed by atoms with Gasteiger partial charge >= 0.3 is 0 Å². The number of nitrogens with one attached hydrogen (secondary N) is 4. The minimum Gasteiger partial charge on any atom is -0.491 e. The van der Waals surface area contributed by atoms with E-state index < -0.39 is 29.8 Å². The number of para-hydroxylation sites is 1. The summed E-state index contributed by atoms with van der Waals surface area (Å²) in [5, 5.41) is 11.5. The number of carbonyl (C=O) groups is 5. The topological polar surface area (TPSA) is 146 Å². The Morgan fingerprint density at radius 2 is 1.76 bits per heavy atom. The van der Waals surface area contributed by atoms with Gasteiger partial charge in [-0.3, -0.25) is 24.0 Å². The van der Waals surface area contributed by atoms with E-state index in [1.54, 1.807) is 24.3 Å². The monoisotopic (exact) mass is 633 g/mol. The van der Waals surface area contributed by atoms with Crippen molar-refractivity contribution in [3.63, 3.8) is 0 Å². The van der Waals surface area contributed by atoms with Crippen molar-refractivity contribution >= 4 is 29.5 Å². The van der Waals surface area contributed by atoms with Crippen LogP contribution < -0.4 is 26.0 Å². The van der Waals surface area contributed by atoms with Gasteiger partial charge in [0.05, 0.1) is 18.0 Å². The Kier molecular flexibility index (Phi) is 12.2. The lowest BCUT2D eigenvalue weighted by Crippen LogP contribution is -2.55. The lowest BCUT2D eigenvalue weighted by atomic mass is 9.96. The summed E-state index contributed by atoms with van der Waals surface area (Å²) in [6.45, 7) is 9.44. The fraction of sp³-hybridized carbons (Fsp3) is 0.514. The molecule has 0 aromatic heterocycles. The van der Waals surface area contributed by atoms with Crippen LogP contribution in [0.2, 0.25) is 0 Å². The lowest BCUT2D eigenvalue weighted by molar-refractivity contribution is -0.132. The summed E-state index contributed by atoms with van der Waals surface area (Å²) < 4.78 is 6.09. The molecule has 11 nitrogen and oxygen atoms in total. The first-order chi connectivity index (χ1) is 22.0. The summed E-state index contributed by atoms with van der Waals surface area (Å²) in [7, 11) is 0. The molecule has 0 radical (unpaired) electrons. The highest BCUT2D eigenvalue weighted by Crippen LogP contribution is 2.21. The number of nitrogens with zero attached hydrogens (tertiary/aromatic N) is 1. The third kappa shape index (κ3) is 9.55. The van der Waals surface area contributed by atoms with E-state index in [-0.39, 0.29) is 54.8 Å². The molecule has 2 aliphatic rings. The van der Waals surface area contributed by atoms with Gasteiger partial charge in [0.25, 0.3) is 5.91 Å². The second kappa shape index (κ2) is 16.2. The summed E-state index contributed by atoms with van der Waals surface area (Å²) in [5.74, 6) is -1.41. The highest BCUT2D eigenvalue weighted by molar-refractivity contribution is 6.01. The second-order valence-corrected chi connectivity index (χ2v) is 12.8. The second-order valence-electron chi connectivity index (χ2n) is 12.8. The maximum Gasteiger partial charge on any atom is 0.255 e. The Morgan fingerprint density at radius 3 is 2.48 bits per heavy atom. The van der Waals surface area contributed by atoms with Crippen LogP contribution in [0.3, 0.4) is 0 Å². The van der Waals surface area contributed by atoms with Crippen LogP contribution in [-0.4, -0.2) is 65.7 Å². The van der Waals surface area contributed by atoms with E-state index in [1.165, 1.54) is 0 Å². The largest absolute Gasteiger partial charge is 0.491 e. The summed E-state index contributed by atoms with van der Waals surface area (Å²) in [6.07, 6.45) is 2.33. The van der Waals surface area contributed by atoms with Crippen LogP contribution in [-0.2, 0) is 32.3 Å². The zero-order valence-electron chi connectivity index (χ0n) is 27.3. The molecule has 0 bridgehead atoms. The van der Waals surface area contributed by atoms with Crippen molar-refractivity contribution in [3.8, 4) is 5.75 Å². The highest BCUT2D eigenvalue weighted by Gasteiger charge is 2.32.